The smallest absolute Gasteiger partial charge is 0.407 e. The van der Waals surface area contributed by atoms with Crippen LogP contribution in [0.4, 0.5) is 15.0 Å². The quantitative estimate of drug-likeness (QED) is 0.176. The van der Waals surface area contributed by atoms with Crippen LogP contribution >= 0.6 is 0 Å². The molecule has 1 fully saturated rings. The number of likely N-dealkylation sites (tertiary alicyclic amines) is 1. The van der Waals surface area contributed by atoms with Gasteiger partial charge in [-0.05, 0) is 79.1 Å². The van der Waals surface area contributed by atoms with Gasteiger partial charge in [-0.1, -0.05) is 25.7 Å². The SMILES string of the molecule is Cc1nn(CCCCCCCCNC(=O)OC(C)(C)C)c2cc(C(=O)Nc3cn4cc([C@H]5CCCN5C)nc4cn3)c(F)cc12. The highest BCUT2D eigenvalue weighted by molar-refractivity contribution is 6.06. The molecule has 45 heavy (non-hydrogen) atoms. The van der Waals surface area contributed by atoms with E-state index >= 15 is 4.39 Å². The fourth-order valence-corrected chi connectivity index (χ4v) is 5.91. The summed E-state index contributed by atoms with van der Waals surface area (Å²) in [6, 6.07) is 3.25. The molecule has 5 rings (SSSR count). The van der Waals surface area contributed by atoms with E-state index in [-0.39, 0.29) is 17.7 Å². The molecule has 0 saturated carbocycles. The molecule has 1 atom stereocenters. The molecule has 2 N–H and O–H groups in total. The molecular formula is C33H45FN8O3. The molecule has 0 radical (unpaired) electrons. The summed E-state index contributed by atoms with van der Waals surface area (Å²) in [6.07, 6.45) is 13.1. The molecule has 0 spiro atoms. The number of carbonyl (C=O) groups excluding carboxylic acids is 2. The van der Waals surface area contributed by atoms with Crippen molar-refractivity contribution in [2.45, 2.75) is 97.2 Å². The number of benzene rings is 1. The number of carbonyl (C=O) groups is 2. The number of alkyl carbamates (subject to hydrolysis) is 1. The molecule has 1 saturated heterocycles. The predicted molar refractivity (Wildman–Crippen MR) is 172 cm³/mol. The van der Waals surface area contributed by atoms with Crippen LogP contribution in [0.3, 0.4) is 0 Å². The third-order valence-corrected chi connectivity index (χ3v) is 8.20. The van der Waals surface area contributed by atoms with Gasteiger partial charge in [-0.15, -0.1) is 0 Å². The van der Waals surface area contributed by atoms with Gasteiger partial charge in [-0.2, -0.15) is 5.10 Å². The van der Waals surface area contributed by atoms with E-state index in [0.717, 1.165) is 74.8 Å². The number of rotatable bonds is 12. The Hall–Kier alpha value is -4.06. The molecule has 12 heteroatoms. The minimum Gasteiger partial charge on any atom is -0.444 e. The number of nitrogens with zero attached hydrogens (tertiary/aromatic N) is 6. The first kappa shape index (κ1) is 32.3. The van der Waals surface area contributed by atoms with Crippen LogP contribution in [0, 0.1) is 12.7 Å². The minimum absolute atomic E-state index is 0.0514. The van der Waals surface area contributed by atoms with Gasteiger partial charge in [0, 0.05) is 24.7 Å². The lowest BCUT2D eigenvalue weighted by atomic mass is 10.1. The summed E-state index contributed by atoms with van der Waals surface area (Å²) in [4.78, 5) is 36.3. The molecule has 242 valence electrons. The molecule has 11 nitrogen and oxygen atoms in total. The molecule has 0 unspecified atom stereocenters. The van der Waals surface area contributed by atoms with E-state index < -0.39 is 17.3 Å². The Kier molecular flexibility index (Phi) is 10.0. The Morgan fingerprint density at radius 3 is 2.58 bits per heavy atom. The molecule has 4 aromatic rings. The summed E-state index contributed by atoms with van der Waals surface area (Å²) in [7, 11) is 2.10. The van der Waals surface area contributed by atoms with Gasteiger partial charge < -0.3 is 19.8 Å². The number of nitrogens with one attached hydrogen (secondary N) is 2. The number of hydrogen-bond donors (Lipinski definition) is 2. The van der Waals surface area contributed by atoms with Gasteiger partial charge in [0.1, 0.15) is 17.2 Å². The monoisotopic (exact) mass is 620 g/mol. The van der Waals surface area contributed by atoms with E-state index in [0.29, 0.717) is 29.9 Å². The van der Waals surface area contributed by atoms with E-state index in [1.54, 1.807) is 18.5 Å². The second kappa shape index (κ2) is 13.9. The highest BCUT2D eigenvalue weighted by atomic mass is 19.1. The van der Waals surface area contributed by atoms with Crippen molar-refractivity contribution in [1.29, 1.82) is 0 Å². The van der Waals surface area contributed by atoms with Gasteiger partial charge in [0.05, 0.1) is 40.9 Å². The molecule has 1 aromatic carbocycles. The molecule has 1 aliphatic heterocycles. The lowest BCUT2D eigenvalue weighted by Crippen LogP contribution is -2.32. The third kappa shape index (κ3) is 8.16. The van der Waals surface area contributed by atoms with Crippen molar-refractivity contribution in [3.8, 4) is 0 Å². The maximum atomic E-state index is 15.2. The van der Waals surface area contributed by atoms with Crippen molar-refractivity contribution in [3.63, 3.8) is 0 Å². The van der Waals surface area contributed by atoms with E-state index in [9.17, 15) is 9.59 Å². The van der Waals surface area contributed by atoms with Crippen LogP contribution in [0.15, 0.2) is 30.7 Å². The first-order valence-corrected chi connectivity index (χ1v) is 16.0. The summed E-state index contributed by atoms with van der Waals surface area (Å²) in [5, 5.41) is 10.9. The minimum atomic E-state index is -0.598. The lowest BCUT2D eigenvalue weighted by Gasteiger charge is -2.19. The van der Waals surface area contributed by atoms with Crippen molar-refractivity contribution in [1.82, 2.24) is 34.4 Å². The third-order valence-electron chi connectivity index (χ3n) is 8.20. The molecule has 0 aliphatic carbocycles. The van der Waals surface area contributed by atoms with E-state index in [1.807, 2.05) is 43.0 Å². The lowest BCUT2D eigenvalue weighted by molar-refractivity contribution is 0.0526. The molecule has 4 heterocycles. The first-order chi connectivity index (χ1) is 21.5. The molecule has 3 aromatic heterocycles. The summed E-state index contributed by atoms with van der Waals surface area (Å²) in [5.74, 6) is -0.844. The van der Waals surface area contributed by atoms with Crippen LogP contribution in [0.5, 0.6) is 0 Å². The highest BCUT2D eigenvalue weighted by Crippen LogP contribution is 2.30. The van der Waals surface area contributed by atoms with E-state index in [2.05, 4.69) is 32.7 Å². The summed E-state index contributed by atoms with van der Waals surface area (Å²) >= 11 is 0. The van der Waals surface area contributed by atoms with Crippen molar-refractivity contribution in [3.05, 3.63) is 53.5 Å². The average Bonchev–Trinajstić information content (AvgIpc) is 3.67. The van der Waals surface area contributed by atoms with Gasteiger partial charge in [-0.25, -0.2) is 19.2 Å². The van der Waals surface area contributed by atoms with Crippen LogP contribution in [-0.2, 0) is 11.3 Å². The fourth-order valence-electron chi connectivity index (χ4n) is 5.91. The van der Waals surface area contributed by atoms with Gasteiger partial charge in [0.2, 0.25) is 0 Å². The zero-order valence-corrected chi connectivity index (χ0v) is 27.0. The zero-order chi connectivity index (χ0) is 32.1. The van der Waals surface area contributed by atoms with Crippen LogP contribution in [0.25, 0.3) is 16.6 Å². The highest BCUT2D eigenvalue weighted by Gasteiger charge is 2.25. The average molecular weight is 621 g/mol. The number of amides is 2. The van der Waals surface area contributed by atoms with Crippen LogP contribution in [0.2, 0.25) is 0 Å². The van der Waals surface area contributed by atoms with E-state index in [4.69, 9.17) is 9.72 Å². The van der Waals surface area contributed by atoms with Crippen LogP contribution in [0.1, 0.15) is 99.9 Å². The predicted octanol–water partition coefficient (Wildman–Crippen LogP) is 6.41. The second-order valence-electron chi connectivity index (χ2n) is 13.0. The Bertz CT molecular complexity index is 1660. The molecule has 1 aliphatic rings. The van der Waals surface area contributed by atoms with Crippen LogP contribution < -0.4 is 10.6 Å². The molecule has 0 bridgehead atoms. The van der Waals surface area contributed by atoms with Crippen LogP contribution in [-0.4, -0.2) is 66.8 Å². The Morgan fingerprint density at radius 1 is 1.09 bits per heavy atom. The standard InChI is InChI=1S/C33H45FN8O3/c1-22-23-17-25(34)24(31(43)38-29-21-41-20-26(37-30(41)19-36-29)27-13-12-15-40(27)5)18-28(23)42(39-22)16-11-9-7-6-8-10-14-35-32(44)45-33(2,3)4/h17-21,27H,6-16H2,1-5H3,(H,35,44)(H,38,43)/t27-/m1/s1. The van der Waals surface area contributed by atoms with Gasteiger partial charge in [0.15, 0.2) is 5.65 Å². The number of imidazole rings is 1. The number of halogens is 1. The maximum absolute atomic E-state index is 15.2. The Balaban J connectivity index is 1.14. The summed E-state index contributed by atoms with van der Waals surface area (Å²) < 4.78 is 24.1. The van der Waals surface area contributed by atoms with Gasteiger partial charge in [0.25, 0.3) is 5.91 Å². The first-order valence-electron chi connectivity index (χ1n) is 16.0. The van der Waals surface area contributed by atoms with Crippen molar-refractivity contribution < 1.29 is 18.7 Å². The van der Waals surface area contributed by atoms with Crippen molar-refractivity contribution in [2.24, 2.45) is 0 Å². The Labute approximate surface area is 263 Å². The van der Waals surface area contributed by atoms with Gasteiger partial charge in [-0.3, -0.25) is 14.4 Å². The largest absolute Gasteiger partial charge is 0.444 e. The number of fused-ring (bicyclic) bond motifs is 2. The molecular weight excluding hydrogens is 575 g/mol. The number of anilines is 1. The summed E-state index contributed by atoms with van der Waals surface area (Å²) in [5.41, 5.74) is 2.60. The number of aromatic nitrogens is 5. The normalized spacial score (nSPS) is 15.6. The van der Waals surface area contributed by atoms with Gasteiger partial charge >= 0.3 is 6.09 Å². The molecule has 2 amide bonds. The second-order valence-corrected chi connectivity index (χ2v) is 13.0. The van der Waals surface area contributed by atoms with E-state index in [1.165, 1.54) is 6.07 Å². The zero-order valence-electron chi connectivity index (χ0n) is 27.0. The number of unbranched alkanes of at least 4 members (excludes halogenated alkanes) is 5. The maximum Gasteiger partial charge on any atom is 0.407 e. The van der Waals surface area contributed by atoms with Crippen molar-refractivity contribution >= 4 is 34.4 Å². The Morgan fingerprint density at radius 2 is 1.84 bits per heavy atom. The fraction of sp³-hybridized carbons (Fsp3) is 0.545. The van der Waals surface area contributed by atoms with Crippen molar-refractivity contribution in [2.75, 3.05) is 25.5 Å². The summed E-state index contributed by atoms with van der Waals surface area (Å²) in [6.45, 7) is 9.72. The number of hydrogen-bond acceptors (Lipinski definition) is 7. The number of ether oxygens (including phenoxy) is 1. The topological polar surface area (TPSA) is 119 Å². The number of aryl methyl sites for hydroxylation is 2.